The number of benzene rings is 1. The maximum atomic E-state index is 8.88. The van der Waals surface area contributed by atoms with Crippen molar-refractivity contribution in [1.29, 1.82) is 0 Å². The smallest absolute Gasteiger partial charge is 0.145 e. The summed E-state index contributed by atoms with van der Waals surface area (Å²) in [5.74, 6) is 0.751. The first-order valence-corrected chi connectivity index (χ1v) is 4.63. The summed E-state index contributed by atoms with van der Waals surface area (Å²) in [6.07, 6.45) is -0.533. The maximum Gasteiger partial charge on any atom is 0.145 e. The number of aryl methyl sites for hydroxylation is 2. The Morgan fingerprint density at radius 2 is 1.64 bits per heavy atom. The molecule has 0 atom stereocenters. The van der Waals surface area contributed by atoms with Gasteiger partial charge in [0.25, 0.3) is 0 Å². The van der Waals surface area contributed by atoms with Crippen LogP contribution in [0.15, 0.2) is 18.2 Å². The highest BCUT2D eigenvalue weighted by molar-refractivity contribution is 5.39. The number of aliphatic hydroxyl groups is 2. The van der Waals surface area contributed by atoms with Gasteiger partial charge in [-0.3, -0.25) is 0 Å². The van der Waals surface area contributed by atoms with E-state index in [1.54, 1.807) is 0 Å². The van der Waals surface area contributed by atoms with Crippen LogP contribution in [0.1, 0.15) is 11.1 Å². The molecule has 0 heterocycles. The molecule has 0 aliphatic heterocycles. The van der Waals surface area contributed by atoms with Gasteiger partial charge in [-0.1, -0.05) is 18.2 Å². The average molecular weight is 196 g/mol. The highest BCUT2D eigenvalue weighted by Crippen LogP contribution is 2.23. The molecule has 1 rings (SSSR count). The third kappa shape index (κ3) is 2.47. The number of hydrogen-bond acceptors (Lipinski definition) is 3. The highest BCUT2D eigenvalue weighted by atomic mass is 16.5. The maximum absolute atomic E-state index is 8.88. The van der Waals surface area contributed by atoms with Gasteiger partial charge in [0, 0.05) is 0 Å². The third-order valence-corrected chi connectivity index (χ3v) is 2.10. The van der Waals surface area contributed by atoms with E-state index in [2.05, 4.69) is 0 Å². The Kier molecular flexibility index (Phi) is 3.92. The van der Waals surface area contributed by atoms with Crippen LogP contribution in [0.2, 0.25) is 0 Å². The Labute approximate surface area is 84.0 Å². The zero-order valence-corrected chi connectivity index (χ0v) is 8.53. The molecule has 0 aliphatic rings. The van der Waals surface area contributed by atoms with E-state index in [0.717, 1.165) is 16.9 Å². The van der Waals surface area contributed by atoms with Crippen LogP contribution in [-0.2, 0) is 0 Å². The van der Waals surface area contributed by atoms with Gasteiger partial charge in [0.05, 0.1) is 13.2 Å². The summed E-state index contributed by atoms with van der Waals surface area (Å²) in [6.45, 7) is 3.52. The van der Waals surface area contributed by atoms with Gasteiger partial charge in [-0.15, -0.1) is 0 Å². The SMILES string of the molecule is Cc1cccc(C)c1OC(CO)CO. The largest absolute Gasteiger partial charge is 0.485 e. The summed E-state index contributed by atoms with van der Waals surface area (Å²) >= 11 is 0. The lowest BCUT2D eigenvalue weighted by molar-refractivity contribution is 0.0620. The molecule has 0 aromatic heterocycles. The molecule has 0 fully saturated rings. The van der Waals surface area contributed by atoms with Gasteiger partial charge in [-0.05, 0) is 25.0 Å². The van der Waals surface area contributed by atoms with E-state index in [0.29, 0.717) is 0 Å². The Hall–Kier alpha value is -1.06. The van der Waals surface area contributed by atoms with Gasteiger partial charge in [0.15, 0.2) is 0 Å². The second kappa shape index (κ2) is 4.98. The zero-order chi connectivity index (χ0) is 10.6. The minimum Gasteiger partial charge on any atom is -0.485 e. The van der Waals surface area contributed by atoms with Crippen molar-refractivity contribution in [2.75, 3.05) is 13.2 Å². The molecular weight excluding hydrogens is 180 g/mol. The predicted octanol–water partition coefficient (Wildman–Crippen LogP) is 1.04. The molecule has 0 radical (unpaired) electrons. The molecule has 0 saturated heterocycles. The fraction of sp³-hybridized carbons (Fsp3) is 0.455. The Morgan fingerprint density at radius 3 is 2.07 bits per heavy atom. The molecule has 3 nitrogen and oxygen atoms in total. The van der Waals surface area contributed by atoms with Crippen LogP contribution < -0.4 is 4.74 Å². The molecular formula is C11H16O3. The van der Waals surface area contributed by atoms with Crippen LogP contribution in [0.4, 0.5) is 0 Å². The topological polar surface area (TPSA) is 49.7 Å². The first-order chi connectivity index (χ1) is 6.69. The van der Waals surface area contributed by atoms with Gasteiger partial charge in [0.1, 0.15) is 11.9 Å². The molecule has 1 aromatic carbocycles. The van der Waals surface area contributed by atoms with Crippen LogP contribution in [0, 0.1) is 13.8 Å². The molecule has 0 spiro atoms. The molecule has 2 N–H and O–H groups in total. The Morgan fingerprint density at radius 1 is 1.14 bits per heavy atom. The molecule has 3 heteroatoms. The second-order valence-electron chi connectivity index (χ2n) is 3.33. The van der Waals surface area contributed by atoms with Crippen molar-refractivity contribution in [2.45, 2.75) is 20.0 Å². The summed E-state index contributed by atoms with van der Waals surface area (Å²) in [7, 11) is 0. The number of hydrogen-bond donors (Lipinski definition) is 2. The van der Waals surface area contributed by atoms with E-state index in [9.17, 15) is 0 Å². The molecule has 0 unspecified atom stereocenters. The van der Waals surface area contributed by atoms with E-state index in [1.807, 2.05) is 32.0 Å². The molecule has 14 heavy (non-hydrogen) atoms. The zero-order valence-electron chi connectivity index (χ0n) is 8.53. The lowest BCUT2D eigenvalue weighted by Crippen LogP contribution is -2.25. The minimum absolute atomic E-state index is 0.176. The monoisotopic (exact) mass is 196 g/mol. The Balaban J connectivity index is 2.84. The van der Waals surface area contributed by atoms with Crippen LogP contribution >= 0.6 is 0 Å². The predicted molar refractivity (Wildman–Crippen MR) is 54.5 cm³/mol. The fourth-order valence-electron chi connectivity index (χ4n) is 1.28. The van der Waals surface area contributed by atoms with E-state index in [4.69, 9.17) is 14.9 Å². The van der Waals surface area contributed by atoms with Crippen molar-refractivity contribution >= 4 is 0 Å². The molecule has 0 bridgehead atoms. The first-order valence-electron chi connectivity index (χ1n) is 4.63. The minimum atomic E-state index is -0.533. The van der Waals surface area contributed by atoms with Crippen LogP contribution in [0.25, 0.3) is 0 Å². The van der Waals surface area contributed by atoms with E-state index >= 15 is 0 Å². The van der Waals surface area contributed by atoms with Crippen LogP contribution in [0.5, 0.6) is 5.75 Å². The number of aliphatic hydroxyl groups excluding tert-OH is 2. The number of ether oxygens (including phenoxy) is 1. The van der Waals surface area contributed by atoms with Crippen molar-refractivity contribution < 1.29 is 14.9 Å². The number of rotatable bonds is 4. The lowest BCUT2D eigenvalue weighted by atomic mass is 10.1. The van der Waals surface area contributed by atoms with E-state index in [-0.39, 0.29) is 13.2 Å². The third-order valence-electron chi connectivity index (χ3n) is 2.10. The summed E-state index contributed by atoms with van der Waals surface area (Å²) in [6, 6.07) is 5.83. The highest BCUT2D eigenvalue weighted by Gasteiger charge is 2.10. The van der Waals surface area contributed by atoms with Crippen LogP contribution in [-0.4, -0.2) is 29.5 Å². The van der Waals surface area contributed by atoms with Crippen molar-refractivity contribution in [3.8, 4) is 5.75 Å². The van der Waals surface area contributed by atoms with Crippen molar-refractivity contribution in [3.05, 3.63) is 29.3 Å². The normalized spacial score (nSPS) is 10.6. The average Bonchev–Trinajstić information content (AvgIpc) is 2.18. The molecule has 0 aliphatic carbocycles. The summed E-state index contributed by atoms with van der Waals surface area (Å²) in [4.78, 5) is 0. The molecule has 0 amide bonds. The standard InChI is InChI=1S/C11H16O3/c1-8-4-3-5-9(2)11(8)14-10(6-12)7-13/h3-5,10,12-13H,6-7H2,1-2H3. The van der Waals surface area contributed by atoms with Crippen LogP contribution in [0.3, 0.4) is 0 Å². The second-order valence-corrected chi connectivity index (χ2v) is 3.33. The van der Waals surface area contributed by atoms with Crippen molar-refractivity contribution in [3.63, 3.8) is 0 Å². The summed E-state index contributed by atoms with van der Waals surface area (Å²) in [5.41, 5.74) is 2.02. The number of para-hydroxylation sites is 1. The molecule has 78 valence electrons. The van der Waals surface area contributed by atoms with Gasteiger partial charge in [-0.2, -0.15) is 0 Å². The summed E-state index contributed by atoms with van der Waals surface area (Å²) < 4.78 is 5.47. The van der Waals surface area contributed by atoms with Gasteiger partial charge in [-0.25, -0.2) is 0 Å². The molecule has 0 saturated carbocycles. The Bertz CT molecular complexity index is 272. The quantitative estimate of drug-likeness (QED) is 0.756. The van der Waals surface area contributed by atoms with Crippen molar-refractivity contribution in [1.82, 2.24) is 0 Å². The lowest BCUT2D eigenvalue weighted by Gasteiger charge is -2.17. The van der Waals surface area contributed by atoms with Gasteiger partial charge in [0.2, 0.25) is 0 Å². The van der Waals surface area contributed by atoms with E-state index < -0.39 is 6.10 Å². The summed E-state index contributed by atoms with van der Waals surface area (Å²) in [5, 5.41) is 17.8. The van der Waals surface area contributed by atoms with Crippen molar-refractivity contribution in [2.24, 2.45) is 0 Å². The fourth-order valence-corrected chi connectivity index (χ4v) is 1.28. The van der Waals surface area contributed by atoms with E-state index in [1.165, 1.54) is 0 Å². The van der Waals surface area contributed by atoms with Gasteiger partial charge < -0.3 is 14.9 Å². The molecule has 1 aromatic rings. The first kappa shape index (κ1) is 11.0. The van der Waals surface area contributed by atoms with Gasteiger partial charge >= 0.3 is 0 Å².